The lowest BCUT2D eigenvalue weighted by atomic mass is 9.95. The fourth-order valence-corrected chi connectivity index (χ4v) is 6.12. The van der Waals surface area contributed by atoms with Crippen LogP contribution >= 0.6 is 0 Å². The highest BCUT2D eigenvalue weighted by Gasteiger charge is 2.20. The number of ketones is 1. The zero-order valence-corrected chi connectivity index (χ0v) is 27.8. The summed E-state index contributed by atoms with van der Waals surface area (Å²) in [4.78, 5) is 25.5. The lowest BCUT2D eigenvalue weighted by Gasteiger charge is -2.21. The summed E-state index contributed by atoms with van der Waals surface area (Å²) in [6, 6.07) is 29.8. The van der Waals surface area contributed by atoms with Crippen LogP contribution in [0.5, 0.6) is 0 Å². The summed E-state index contributed by atoms with van der Waals surface area (Å²) in [7, 11) is 2.01. The molecule has 1 unspecified atom stereocenters. The van der Waals surface area contributed by atoms with Gasteiger partial charge in [-0.3, -0.25) is 9.59 Å². The third-order valence-electron chi connectivity index (χ3n) is 8.47. The van der Waals surface area contributed by atoms with E-state index in [2.05, 4.69) is 85.3 Å². The molecule has 1 aromatic heterocycles. The van der Waals surface area contributed by atoms with Crippen molar-refractivity contribution in [3.05, 3.63) is 124 Å². The zero-order chi connectivity index (χ0) is 32.2. The van der Waals surface area contributed by atoms with Crippen molar-refractivity contribution in [3.63, 3.8) is 0 Å². The Labute approximate surface area is 270 Å². The number of aromatic nitrogens is 1. The number of carbonyl (C=O) groups excluding carboxylic acids is 2. The molecule has 5 nitrogen and oxygen atoms in total. The molecular weight excluding hydrogens is 556 g/mol. The number of nitrogens with one attached hydrogen (secondary N) is 1. The summed E-state index contributed by atoms with van der Waals surface area (Å²) < 4.78 is 7.18. The highest BCUT2D eigenvalue weighted by molar-refractivity contribution is 6.10. The van der Waals surface area contributed by atoms with Crippen LogP contribution in [0, 0.1) is 5.92 Å². The van der Waals surface area contributed by atoms with Gasteiger partial charge in [-0.05, 0) is 105 Å². The quantitative estimate of drug-likeness (QED) is 0.0962. The number of nitrogens with zero attached hydrogens (tertiary/aromatic N) is 1. The third kappa shape index (κ3) is 9.68. The highest BCUT2D eigenvalue weighted by Crippen LogP contribution is 2.27. The van der Waals surface area contributed by atoms with E-state index in [4.69, 9.17) is 4.74 Å². The van der Waals surface area contributed by atoms with Crippen molar-refractivity contribution in [1.29, 1.82) is 0 Å². The van der Waals surface area contributed by atoms with Crippen LogP contribution in [0.3, 0.4) is 0 Å². The van der Waals surface area contributed by atoms with Gasteiger partial charge in [-0.15, -0.1) is 0 Å². The predicted octanol–water partition coefficient (Wildman–Crippen LogP) is 9.08. The molecule has 0 saturated heterocycles. The Kier molecular flexibility index (Phi) is 12.6. The molecule has 0 aliphatic rings. The number of aryl methyl sites for hydroxylation is 2. The number of esters is 1. The second-order valence-corrected chi connectivity index (χ2v) is 12.4. The van der Waals surface area contributed by atoms with E-state index in [0.29, 0.717) is 30.9 Å². The number of benzene rings is 3. The summed E-state index contributed by atoms with van der Waals surface area (Å²) in [5, 5.41) is 3.77. The Morgan fingerprint density at radius 1 is 0.844 bits per heavy atom. The molecule has 0 radical (unpaired) electrons. The number of rotatable bonds is 17. The monoisotopic (exact) mass is 606 g/mol. The number of carbonyl (C=O) groups is 2. The molecule has 0 aliphatic heterocycles. The topological polar surface area (TPSA) is 60.3 Å². The van der Waals surface area contributed by atoms with Crippen molar-refractivity contribution < 1.29 is 14.3 Å². The highest BCUT2D eigenvalue weighted by atomic mass is 16.5. The Morgan fingerprint density at radius 2 is 1.56 bits per heavy atom. The molecule has 1 atom stereocenters. The Morgan fingerprint density at radius 3 is 2.20 bits per heavy atom. The fraction of sp³-hybridized carbons (Fsp3) is 0.400. The molecule has 0 bridgehead atoms. The van der Waals surface area contributed by atoms with Crippen molar-refractivity contribution in [2.24, 2.45) is 13.0 Å². The number of ether oxygens (including phenoxy) is 1. The van der Waals surface area contributed by atoms with Gasteiger partial charge in [0.1, 0.15) is 0 Å². The van der Waals surface area contributed by atoms with Crippen LogP contribution in [0.4, 0.5) is 5.69 Å². The van der Waals surface area contributed by atoms with Gasteiger partial charge in [0.25, 0.3) is 0 Å². The van der Waals surface area contributed by atoms with Gasteiger partial charge < -0.3 is 14.6 Å². The molecule has 5 heteroatoms. The summed E-state index contributed by atoms with van der Waals surface area (Å²) in [6.45, 7) is 8.81. The normalized spacial score (nSPS) is 11.9. The van der Waals surface area contributed by atoms with Gasteiger partial charge in [0.05, 0.1) is 12.6 Å². The Hall–Kier alpha value is -4.12. The average Bonchev–Trinajstić information content (AvgIpc) is 3.36. The number of hydrogen-bond donors (Lipinski definition) is 1. The van der Waals surface area contributed by atoms with Crippen molar-refractivity contribution in [2.45, 2.75) is 85.1 Å². The van der Waals surface area contributed by atoms with E-state index in [0.717, 1.165) is 61.2 Å². The summed E-state index contributed by atoms with van der Waals surface area (Å²) >= 11 is 0. The van der Waals surface area contributed by atoms with E-state index in [-0.39, 0.29) is 17.8 Å². The van der Waals surface area contributed by atoms with Crippen LogP contribution in [0.1, 0.15) is 103 Å². The van der Waals surface area contributed by atoms with Gasteiger partial charge in [-0.2, -0.15) is 0 Å². The molecule has 0 spiro atoms. The van der Waals surface area contributed by atoms with Gasteiger partial charge in [-0.25, -0.2) is 0 Å². The molecule has 0 amide bonds. The molecule has 1 heterocycles. The summed E-state index contributed by atoms with van der Waals surface area (Å²) in [6.07, 6.45) is 6.76. The van der Waals surface area contributed by atoms with Crippen LogP contribution in [-0.2, 0) is 42.3 Å². The molecule has 4 aromatic rings. The van der Waals surface area contributed by atoms with Crippen molar-refractivity contribution in [3.8, 4) is 0 Å². The number of hydrogen-bond acceptors (Lipinski definition) is 4. The SMILES string of the molecule is CCOC(=O)CCCc1cc(C(=O)c2ccc(NC(CCCc3ccccc3)c3ccc(CC(C)C)cc3)cc2)c(CC)n1C. The smallest absolute Gasteiger partial charge is 0.305 e. The van der Waals surface area contributed by atoms with Crippen molar-refractivity contribution >= 4 is 17.4 Å². The van der Waals surface area contributed by atoms with E-state index in [1.165, 1.54) is 16.7 Å². The fourth-order valence-electron chi connectivity index (χ4n) is 6.12. The molecular formula is C40H50N2O3. The minimum absolute atomic E-state index is 0.0331. The minimum Gasteiger partial charge on any atom is -0.466 e. The molecule has 45 heavy (non-hydrogen) atoms. The average molecular weight is 607 g/mol. The summed E-state index contributed by atoms with van der Waals surface area (Å²) in [5.41, 5.74) is 8.53. The van der Waals surface area contributed by atoms with Gasteiger partial charge in [-0.1, -0.05) is 75.4 Å². The Balaban J connectivity index is 1.47. The maximum absolute atomic E-state index is 13.7. The first kappa shape index (κ1) is 33.8. The van der Waals surface area contributed by atoms with Crippen molar-refractivity contribution in [1.82, 2.24) is 4.57 Å². The third-order valence-corrected chi connectivity index (χ3v) is 8.47. The lowest BCUT2D eigenvalue weighted by Crippen LogP contribution is -2.12. The van der Waals surface area contributed by atoms with Crippen LogP contribution < -0.4 is 5.32 Å². The molecule has 0 saturated carbocycles. The summed E-state index contributed by atoms with van der Waals surface area (Å²) in [5.74, 6) is 0.490. The standard InChI is InChI=1S/C40H50N2O3/c1-6-38-36(28-35(42(38)5)16-12-18-39(43)45-7-2)40(44)33-23-25-34(26-24-33)41-37(17-11-15-30-13-9-8-10-14-30)32-21-19-31(20-22-32)27-29(3)4/h8-10,13-14,19-26,28-29,37,41H,6-7,11-12,15-18,27H2,1-5H3. The van der Waals surface area contributed by atoms with E-state index in [9.17, 15) is 9.59 Å². The van der Waals surface area contributed by atoms with Crippen LogP contribution in [0.15, 0.2) is 84.9 Å². The van der Waals surface area contributed by atoms with Crippen LogP contribution in [-0.4, -0.2) is 22.9 Å². The first-order chi connectivity index (χ1) is 21.8. The van der Waals surface area contributed by atoms with Gasteiger partial charge in [0.2, 0.25) is 0 Å². The molecule has 3 aromatic carbocycles. The van der Waals surface area contributed by atoms with E-state index in [1.54, 1.807) is 0 Å². The maximum Gasteiger partial charge on any atom is 0.305 e. The zero-order valence-electron chi connectivity index (χ0n) is 27.8. The maximum atomic E-state index is 13.7. The van der Waals surface area contributed by atoms with Gasteiger partial charge in [0.15, 0.2) is 5.78 Å². The first-order valence-corrected chi connectivity index (χ1v) is 16.7. The molecule has 4 rings (SSSR count). The second kappa shape index (κ2) is 16.8. The lowest BCUT2D eigenvalue weighted by molar-refractivity contribution is -0.143. The largest absolute Gasteiger partial charge is 0.466 e. The predicted molar refractivity (Wildman–Crippen MR) is 185 cm³/mol. The van der Waals surface area contributed by atoms with Crippen molar-refractivity contribution in [2.75, 3.05) is 11.9 Å². The van der Waals surface area contributed by atoms with E-state index < -0.39 is 0 Å². The molecule has 0 fully saturated rings. The Bertz CT molecular complexity index is 1500. The van der Waals surface area contributed by atoms with Crippen LogP contribution in [0.2, 0.25) is 0 Å². The minimum atomic E-state index is -0.172. The molecule has 238 valence electrons. The van der Waals surface area contributed by atoms with Crippen LogP contribution in [0.25, 0.3) is 0 Å². The van der Waals surface area contributed by atoms with E-state index >= 15 is 0 Å². The van der Waals surface area contributed by atoms with E-state index in [1.807, 2.05) is 44.3 Å². The first-order valence-electron chi connectivity index (χ1n) is 16.7. The second-order valence-electron chi connectivity index (χ2n) is 12.4. The molecule has 0 aliphatic carbocycles. The molecule has 1 N–H and O–H groups in total. The number of anilines is 1. The van der Waals surface area contributed by atoms with Gasteiger partial charge in [0, 0.05) is 41.7 Å². The van der Waals surface area contributed by atoms with Gasteiger partial charge >= 0.3 is 5.97 Å².